The molecule has 1 amide bonds. The molecule has 0 aliphatic carbocycles. The Hall–Kier alpha value is -2.27. The number of hydrogen-bond acceptors (Lipinski definition) is 4. The predicted octanol–water partition coefficient (Wildman–Crippen LogP) is 3.42. The van der Waals surface area contributed by atoms with Crippen LogP contribution in [-0.4, -0.2) is 35.2 Å². The quantitative estimate of drug-likeness (QED) is 0.913. The Bertz CT molecular complexity index is 716. The second-order valence-electron chi connectivity index (χ2n) is 6.28. The van der Waals surface area contributed by atoms with Gasteiger partial charge in [0.05, 0.1) is 11.7 Å². The minimum absolute atomic E-state index is 0.0492. The molecule has 1 saturated heterocycles. The van der Waals surface area contributed by atoms with E-state index >= 15 is 0 Å². The molecular formula is C19H23NO4. The number of carbonyl (C=O) groups excluding carboxylic acids is 1. The van der Waals surface area contributed by atoms with Crippen molar-refractivity contribution in [3.05, 3.63) is 53.0 Å². The van der Waals surface area contributed by atoms with Crippen LogP contribution < -0.4 is 0 Å². The molecule has 1 aromatic heterocycles. The van der Waals surface area contributed by atoms with E-state index in [0.29, 0.717) is 24.4 Å². The van der Waals surface area contributed by atoms with Crippen molar-refractivity contribution in [2.24, 2.45) is 0 Å². The highest BCUT2D eigenvalue weighted by Gasteiger charge is 2.26. The Balaban J connectivity index is 1.84. The van der Waals surface area contributed by atoms with Gasteiger partial charge in [-0.15, -0.1) is 0 Å². The monoisotopic (exact) mass is 329 g/mol. The Labute approximate surface area is 141 Å². The topological polar surface area (TPSA) is 62.9 Å². The van der Waals surface area contributed by atoms with Crippen molar-refractivity contribution in [1.29, 1.82) is 0 Å². The maximum atomic E-state index is 13.0. The molecule has 128 valence electrons. The summed E-state index contributed by atoms with van der Waals surface area (Å²) < 4.78 is 11.2. The van der Waals surface area contributed by atoms with Crippen molar-refractivity contribution in [1.82, 2.24) is 4.90 Å². The van der Waals surface area contributed by atoms with Gasteiger partial charge in [0.2, 0.25) is 0 Å². The summed E-state index contributed by atoms with van der Waals surface area (Å²) in [5.74, 6) is 1.44. The van der Waals surface area contributed by atoms with Gasteiger partial charge in [-0.3, -0.25) is 4.79 Å². The molecular weight excluding hydrogens is 306 g/mol. The fourth-order valence-corrected chi connectivity index (χ4v) is 3.12. The van der Waals surface area contributed by atoms with Crippen LogP contribution in [0.5, 0.6) is 5.75 Å². The van der Waals surface area contributed by atoms with Crippen LogP contribution >= 0.6 is 0 Å². The van der Waals surface area contributed by atoms with Crippen LogP contribution in [0.3, 0.4) is 0 Å². The minimum Gasteiger partial charge on any atom is -0.508 e. The van der Waals surface area contributed by atoms with Crippen molar-refractivity contribution in [3.8, 4) is 5.75 Å². The molecule has 1 unspecified atom stereocenters. The molecule has 1 atom stereocenters. The van der Waals surface area contributed by atoms with Crippen LogP contribution in [0.25, 0.3) is 0 Å². The summed E-state index contributed by atoms with van der Waals surface area (Å²) in [6.07, 6.45) is 2.02. The second kappa shape index (κ2) is 7.09. The van der Waals surface area contributed by atoms with Gasteiger partial charge in [-0.2, -0.15) is 0 Å². The van der Waals surface area contributed by atoms with Gasteiger partial charge in [0.15, 0.2) is 0 Å². The molecule has 3 rings (SSSR count). The molecule has 0 spiro atoms. The molecule has 0 saturated carbocycles. The van der Waals surface area contributed by atoms with Crippen molar-refractivity contribution in [2.45, 2.75) is 39.3 Å². The van der Waals surface area contributed by atoms with E-state index in [9.17, 15) is 9.90 Å². The van der Waals surface area contributed by atoms with Crippen molar-refractivity contribution >= 4 is 5.91 Å². The van der Waals surface area contributed by atoms with E-state index in [-0.39, 0.29) is 17.8 Å². The standard InChI is InChI=1S/C19H23NO4/c1-13-10-17(14(2)24-13)19(22)20(12-16-7-5-9-23-16)11-15-6-3-4-8-18(15)21/h3-4,6,8,10,16,21H,5,7,9,11-12H2,1-2H3. The normalized spacial score (nSPS) is 17.2. The van der Waals surface area contributed by atoms with Crippen LogP contribution in [-0.2, 0) is 11.3 Å². The number of aryl methyl sites for hydroxylation is 2. The third-order valence-electron chi connectivity index (χ3n) is 4.36. The van der Waals surface area contributed by atoms with Gasteiger partial charge < -0.3 is 19.2 Å². The number of para-hydroxylation sites is 1. The largest absolute Gasteiger partial charge is 0.508 e. The first-order valence-electron chi connectivity index (χ1n) is 8.29. The average molecular weight is 329 g/mol. The fourth-order valence-electron chi connectivity index (χ4n) is 3.12. The number of phenols is 1. The summed E-state index contributed by atoms with van der Waals surface area (Å²) in [6.45, 7) is 5.22. The highest BCUT2D eigenvalue weighted by atomic mass is 16.5. The van der Waals surface area contributed by atoms with E-state index in [1.54, 1.807) is 30.0 Å². The summed E-state index contributed by atoms with van der Waals surface area (Å²) >= 11 is 0. The molecule has 5 heteroatoms. The van der Waals surface area contributed by atoms with Crippen molar-refractivity contribution in [3.63, 3.8) is 0 Å². The smallest absolute Gasteiger partial charge is 0.257 e. The van der Waals surface area contributed by atoms with Crippen LogP contribution in [0.15, 0.2) is 34.7 Å². The lowest BCUT2D eigenvalue weighted by Gasteiger charge is -2.25. The lowest BCUT2D eigenvalue weighted by Crippen LogP contribution is -2.37. The summed E-state index contributed by atoms with van der Waals surface area (Å²) in [5, 5.41) is 10.0. The molecule has 2 aromatic rings. The van der Waals surface area contributed by atoms with E-state index in [0.717, 1.165) is 30.8 Å². The first-order valence-corrected chi connectivity index (χ1v) is 8.29. The first kappa shape index (κ1) is 16.6. The third kappa shape index (κ3) is 3.62. The Morgan fingerprint density at radius 3 is 2.75 bits per heavy atom. The van der Waals surface area contributed by atoms with Crippen LogP contribution in [0.4, 0.5) is 0 Å². The number of aromatic hydroxyl groups is 1. The van der Waals surface area contributed by atoms with Gasteiger partial charge in [0.25, 0.3) is 5.91 Å². The first-order chi connectivity index (χ1) is 11.5. The van der Waals surface area contributed by atoms with Crippen LogP contribution in [0.1, 0.15) is 40.3 Å². The Kier molecular flexibility index (Phi) is 4.90. The maximum absolute atomic E-state index is 13.0. The number of ether oxygens (including phenoxy) is 1. The summed E-state index contributed by atoms with van der Waals surface area (Å²) in [4.78, 5) is 14.7. The van der Waals surface area contributed by atoms with Crippen molar-refractivity contribution < 1.29 is 19.1 Å². The Morgan fingerprint density at radius 2 is 2.12 bits per heavy atom. The van der Waals surface area contributed by atoms with E-state index < -0.39 is 0 Å². The molecule has 5 nitrogen and oxygen atoms in total. The van der Waals surface area contributed by atoms with Gasteiger partial charge in [0, 0.05) is 25.3 Å². The minimum atomic E-state index is -0.0943. The number of nitrogens with zero attached hydrogens (tertiary/aromatic N) is 1. The van der Waals surface area contributed by atoms with Gasteiger partial charge in [-0.25, -0.2) is 0 Å². The molecule has 0 radical (unpaired) electrons. The number of furan rings is 1. The highest BCUT2D eigenvalue weighted by molar-refractivity contribution is 5.95. The zero-order valence-corrected chi connectivity index (χ0v) is 14.1. The van der Waals surface area contributed by atoms with Crippen LogP contribution in [0, 0.1) is 13.8 Å². The summed E-state index contributed by atoms with van der Waals surface area (Å²) in [5.41, 5.74) is 1.29. The van der Waals surface area contributed by atoms with E-state index in [1.807, 2.05) is 19.1 Å². The number of benzene rings is 1. The van der Waals surface area contributed by atoms with E-state index in [4.69, 9.17) is 9.15 Å². The number of rotatable bonds is 5. The zero-order valence-electron chi connectivity index (χ0n) is 14.1. The van der Waals surface area contributed by atoms with Crippen molar-refractivity contribution in [2.75, 3.05) is 13.2 Å². The molecule has 1 N–H and O–H groups in total. The number of amides is 1. The SMILES string of the molecule is Cc1cc(C(=O)N(Cc2ccccc2O)CC2CCCO2)c(C)o1. The molecule has 24 heavy (non-hydrogen) atoms. The van der Waals surface area contributed by atoms with Gasteiger partial charge >= 0.3 is 0 Å². The summed E-state index contributed by atoms with van der Waals surface area (Å²) in [6, 6.07) is 8.87. The molecule has 1 aliphatic rings. The fraction of sp³-hybridized carbons (Fsp3) is 0.421. The van der Waals surface area contributed by atoms with Crippen LogP contribution in [0.2, 0.25) is 0 Å². The number of hydrogen-bond donors (Lipinski definition) is 1. The van der Waals surface area contributed by atoms with Gasteiger partial charge in [0.1, 0.15) is 17.3 Å². The predicted molar refractivity (Wildman–Crippen MR) is 90.0 cm³/mol. The molecule has 1 aromatic carbocycles. The Morgan fingerprint density at radius 1 is 1.33 bits per heavy atom. The number of phenolic OH excluding ortho intramolecular Hbond substituents is 1. The molecule has 2 heterocycles. The highest BCUT2D eigenvalue weighted by Crippen LogP contribution is 2.23. The summed E-state index contributed by atoms with van der Waals surface area (Å²) in [7, 11) is 0. The van der Waals surface area contributed by atoms with Gasteiger partial charge in [-0.05, 0) is 38.8 Å². The molecule has 1 aliphatic heterocycles. The third-order valence-corrected chi connectivity index (χ3v) is 4.36. The maximum Gasteiger partial charge on any atom is 0.257 e. The average Bonchev–Trinajstić information content (AvgIpc) is 3.17. The van der Waals surface area contributed by atoms with E-state index in [2.05, 4.69) is 0 Å². The lowest BCUT2D eigenvalue weighted by molar-refractivity contribution is 0.0504. The molecule has 0 bridgehead atoms. The van der Waals surface area contributed by atoms with Gasteiger partial charge in [-0.1, -0.05) is 18.2 Å². The molecule has 1 fully saturated rings. The lowest BCUT2D eigenvalue weighted by atomic mass is 10.1. The second-order valence-corrected chi connectivity index (χ2v) is 6.28. The van der Waals surface area contributed by atoms with E-state index in [1.165, 1.54) is 0 Å². The zero-order chi connectivity index (χ0) is 17.1. The number of carbonyl (C=O) groups is 1.